The number of hydrogen-bond donors (Lipinski definition) is 1. The lowest BCUT2D eigenvalue weighted by Gasteiger charge is -2.51. The number of aliphatic hydroxyl groups excluding tert-OH is 1. The van der Waals surface area contributed by atoms with E-state index in [0.29, 0.717) is 18.3 Å². The quantitative estimate of drug-likeness (QED) is 0.756. The lowest BCUT2D eigenvalue weighted by Crippen LogP contribution is -2.57. The van der Waals surface area contributed by atoms with E-state index in [1.807, 2.05) is 0 Å². The molecule has 4 nitrogen and oxygen atoms in total. The number of aliphatic hydroxyl groups is 1. The number of carbonyl (C=O) groups is 1. The molecule has 7 unspecified atom stereocenters. The van der Waals surface area contributed by atoms with E-state index in [0.717, 1.165) is 12.8 Å². The van der Waals surface area contributed by atoms with Gasteiger partial charge < -0.3 is 14.6 Å². The maximum atomic E-state index is 11.5. The molecule has 4 fully saturated rings. The van der Waals surface area contributed by atoms with Crippen LogP contribution in [-0.4, -0.2) is 34.5 Å². The van der Waals surface area contributed by atoms with Crippen LogP contribution in [-0.2, 0) is 14.3 Å². The van der Waals surface area contributed by atoms with Crippen molar-refractivity contribution in [3.8, 4) is 0 Å². The van der Waals surface area contributed by atoms with Crippen molar-refractivity contribution >= 4 is 5.97 Å². The Morgan fingerprint density at radius 2 is 1.95 bits per heavy atom. The van der Waals surface area contributed by atoms with Gasteiger partial charge in [0, 0.05) is 25.2 Å². The van der Waals surface area contributed by atoms with Gasteiger partial charge in [-0.2, -0.15) is 0 Å². The summed E-state index contributed by atoms with van der Waals surface area (Å²) >= 11 is 0. The van der Waals surface area contributed by atoms with Crippen molar-refractivity contribution in [3.05, 3.63) is 0 Å². The van der Waals surface area contributed by atoms with Gasteiger partial charge in [0.2, 0.25) is 0 Å². The van der Waals surface area contributed by atoms with Crippen LogP contribution in [0.5, 0.6) is 0 Å². The van der Waals surface area contributed by atoms with Gasteiger partial charge in [0.05, 0.1) is 17.3 Å². The molecule has 2 aliphatic heterocycles. The number of carbonyl (C=O) groups excluding carboxylic acids is 1. The first-order valence-corrected chi connectivity index (χ1v) is 8.19. The second-order valence-corrected chi connectivity index (χ2v) is 8.18. The molecule has 0 amide bonds. The number of fused-ring (bicyclic) bond motifs is 2. The summed E-state index contributed by atoms with van der Waals surface area (Å²) < 4.78 is 12.1. The standard InChI is InChI=1S/C17H28O4/c1-9-6-13(19)15-11(9)7-12-14(20-10(2)18)8-17(15,5)21-16(12,3)4/h9,11-15,19H,6-8H2,1-5H3. The summed E-state index contributed by atoms with van der Waals surface area (Å²) in [7, 11) is 0. The van der Waals surface area contributed by atoms with Crippen LogP contribution in [0.25, 0.3) is 0 Å². The van der Waals surface area contributed by atoms with Crippen molar-refractivity contribution in [2.75, 3.05) is 0 Å². The Balaban J connectivity index is 2.01. The molecule has 0 aromatic heterocycles. The first-order valence-electron chi connectivity index (χ1n) is 8.19. The molecular formula is C17H28O4. The van der Waals surface area contributed by atoms with Gasteiger partial charge in [-0.15, -0.1) is 0 Å². The van der Waals surface area contributed by atoms with Crippen LogP contribution in [0.2, 0.25) is 0 Å². The average Bonchev–Trinajstić information content (AvgIpc) is 2.45. The Kier molecular flexibility index (Phi) is 3.42. The van der Waals surface area contributed by atoms with E-state index >= 15 is 0 Å². The van der Waals surface area contributed by atoms with Crippen molar-refractivity contribution in [3.63, 3.8) is 0 Å². The summed E-state index contributed by atoms with van der Waals surface area (Å²) in [5.74, 6) is 1.10. The summed E-state index contributed by atoms with van der Waals surface area (Å²) in [5.41, 5.74) is -0.734. The number of hydrogen-bond acceptors (Lipinski definition) is 4. The summed E-state index contributed by atoms with van der Waals surface area (Å²) in [5, 5.41) is 10.6. The first-order chi connectivity index (χ1) is 9.64. The molecule has 21 heavy (non-hydrogen) atoms. The van der Waals surface area contributed by atoms with E-state index in [1.54, 1.807) is 0 Å². The molecule has 120 valence electrons. The number of esters is 1. The van der Waals surface area contributed by atoms with Crippen LogP contribution < -0.4 is 0 Å². The molecule has 2 aliphatic carbocycles. The minimum absolute atomic E-state index is 0.0961. The molecule has 2 saturated heterocycles. The van der Waals surface area contributed by atoms with E-state index in [1.165, 1.54) is 6.92 Å². The van der Waals surface area contributed by atoms with Crippen LogP contribution in [0, 0.1) is 23.7 Å². The topological polar surface area (TPSA) is 55.8 Å². The maximum Gasteiger partial charge on any atom is 0.302 e. The summed E-state index contributed by atoms with van der Waals surface area (Å²) in [4.78, 5) is 11.5. The SMILES string of the molecule is CC(=O)OC1CC2(C)OC(C)(C)C1CC1C(C)CC(O)C12. The Morgan fingerprint density at radius 3 is 2.57 bits per heavy atom. The van der Waals surface area contributed by atoms with Crippen molar-refractivity contribution < 1.29 is 19.4 Å². The Labute approximate surface area is 127 Å². The van der Waals surface area contributed by atoms with E-state index < -0.39 is 5.60 Å². The van der Waals surface area contributed by atoms with E-state index in [-0.39, 0.29) is 35.6 Å². The van der Waals surface area contributed by atoms with Crippen LogP contribution in [0.4, 0.5) is 0 Å². The molecule has 7 atom stereocenters. The van der Waals surface area contributed by atoms with E-state index in [9.17, 15) is 9.90 Å². The highest BCUT2D eigenvalue weighted by molar-refractivity contribution is 5.66. The van der Waals surface area contributed by atoms with Gasteiger partial charge in [0.15, 0.2) is 0 Å². The fourth-order valence-electron chi connectivity index (χ4n) is 5.56. The highest BCUT2D eigenvalue weighted by atomic mass is 16.6. The summed E-state index contributed by atoms with van der Waals surface area (Å²) in [6.45, 7) is 10.0. The predicted octanol–water partition coefficient (Wildman–Crippen LogP) is 2.53. The zero-order chi connectivity index (χ0) is 15.6. The zero-order valence-electron chi connectivity index (χ0n) is 13.8. The molecule has 2 bridgehead atoms. The fraction of sp³-hybridized carbons (Fsp3) is 0.941. The van der Waals surface area contributed by atoms with Gasteiger partial charge >= 0.3 is 5.97 Å². The second-order valence-electron chi connectivity index (χ2n) is 8.18. The largest absolute Gasteiger partial charge is 0.462 e. The van der Waals surface area contributed by atoms with Crippen molar-refractivity contribution in [1.29, 1.82) is 0 Å². The maximum absolute atomic E-state index is 11.5. The van der Waals surface area contributed by atoms with Crippen LogP contribution in [0.3, 0.4) is 0 Å². The third-order valence-corrected chi connectivity index (χ3v) is 6.21. The van der Waals surface area contributed by atoms with Gasteiger partial charge in [-0.1, -0.05) is 6.92 Å². The second kappa shape index (κ2) is 4.69. The first kappa shape index (κ1) is 15.3. The van der Waals surface area contributed by atoms with Crippen LogP contribution in [0.15, 0.2) is 0 Å². The van der Waals surface area contributed by atoms with Gasteiger partial charge in [-0.3, -0.25) is 4.79 Å². The summed E-state index contributed by atoms with van der Waals surface area (Å²) in [6.07, 6.45) is 2.14. The minimum Gasteiger partial charge on any atom is -0.462 e. The molecule has 1 N–H and O–H groups in total. The molecule has 0 spiro atoms. The summed E-state index contributed by atoms with van der Waals surface area (Å²) in [6, 6.07) is 0. The number of ether oxygens (including phenoxy) is 2. The molecule has 0 radical (unpaired) electrons. The molecule has 4 rings (SSSR count). The van der Waals surface area contributed by atoms with Gasteiger partial charge in [-0.25, -0.2) is 0 Å². The monoisotopic (exact) mass is 296 g/mol. The molecule has 4 heteroatoms. The van der Waals surface area contributed by atoms with Gasteiger partial charge in [0.25, 0.3) is 0 Å². The van der Waals surface area contributed by atoms with Gasteiger partial charge in [0.1, 0.15) is 6.10 Å². The van der Waals surface area contributed by atoms with Gasteiger partial charge in [-0.05, 0) is 45.4 Å². The zero-order valence-corrected chi connectivity index (χ0v) is 13.8. The average molecular weight is 296 g/mol. The molecule has 2 heterocycles. The Hall–Kier alpha value is -0.610. The third-order valence-electron chi connectivity index (χ3n) is 6.21. The number of rotatable bonds is 1. The lowest BCUT2D eigenvalue weighted by molar-refractivity contribution is -0.243. The molecule has 0 aromatic carbocycles. The van der Waals surface area contributed by atoms with Crippen LogP contribution in [0.1, 0.15) is 53.9 Å². The van der Waals surface area contributed by atoms with E-state index in [2.05, 4.69) is 27.7 Å². The van der Waals surface area contributed by atoms with E-state index in [4.69, 9.17) is 9.47 Å². The lowest BCUT2D eigenvalue weighted by atomic mass is 9.76. The van der Waals surface area contributed by atoms with Crippen molar-refractivity contribution in [2.24, 2.45) is 23.7 Å². The van der Waals surface area contributed by atoms with Crippen molar-refractivity contribution in [1.82, 2.24) is 0 Å². The minimum atomic E-state index is -0.411. The molecule has 2 saturated carbocycles. The van der Waals surface area contributed by atoms with Crippen molar-refractivity contribution in [2.45, 2.75) is 77.3 Å². The fourth-order valence-corrected chi connectivity index (χ4v) is 5.56. The highest BCUT2D eigenvalue weighted by Crippen LogP contribution is 2.58. The predicted molar refractivity (Wildman–Crippen MR) is 78.6 cm³/mol. The molecular weight excluding hydrogens is 268 g/mol. The smallest absolute Gasteiger partial charge is 0.302 e. The molecule has 4 aliphatic rings. The Bertz CT molecular complexity index is 446. The normalized spacial score (nSPS) is 51.3. The Morgan fingerprint density at radius 1 is 1.29 bits per heavy atom. The van der Waals surface area contributed by atoms with Crippen LogP contribution >= 0.6 is 0 Å². The third kappa shape index (κ3) is 2.31. The molecule has 0 aromatic rings. The highest BCUT2D eigenvalue weighted by Gasteiger charge is 2.62.